The average molecular weight is 569 g/mol. The van der Waals surface area contributed by atoms with Crippen molar-refractivity contribution in [3.05, 3.63) is 124 Å². The van der Waals surface area contributed by atoms with E-state index in [1.165, 1.54) is 7.11 Å². The number of hydrogen-bond acceptors (Lipinski definition) is 8. The Bertz CT molecular complexity index is 1680. The maximum atomic E-state index is 12.7. The van der Waals surface area contributed by atoms with E-state index in [0.29, 0.717) is 39.1 Å². The van der Waals surface area contributed by atoms with E-state index in [1.807, 2.05) is 24.3 Å². The molecule has 4 aromatic carbocycles. The highest BCUT2D eigenvalue weighted by Gasteiger charge is 2.32. The zero-order valence-electron chi connectivity index (χ0n) is 22.2. The van der Waals surface area contributed by atoms with Gasteiger partial charge in [-0.1, -0.05) is 41.9 Å². The molecule has 9 heteroatoms. The number of hydrogen-bond donors (Lipinski definition) is 1. The smallest absolute Gasteiger partial charge is 0.343 e. The lowest BCUT2D eigenvalue weighted by molar-refractivity contribution is 0.0734. The maximum absolute atomic E-state index is 12.7. The fraction of sp³-hybridized carbons (Fsp3) is 0.125. The second kappa shape index (κ2) is 11.9. The first-order chi connectivity index (χ1) is 19.9. The van der Waals surface area contributed by atoms with Crippen LogP contribution in [0.4, 0.5) is 0 Å². The van der Waals surface area contributed by atoms with E-state index in [0.717, 1.165) is 11.1 Å². The summed E-state index contributed by atoms with van der Waals surface area (Å²) in [5, 5.41) is 10.6. The molecule has 4 aromatic rings. The SMILES string of the molecule is COc1ccc(C(=O)Oc2ccc3c(c2)OC(N)=C(C#N)C3c2ccc(OCc3ccccc3Cl)c(OC)c2)cc1. The van der Waals surface area contributed by atoms with Gasteiger partial charge in [-0.05, 0) is 54.1 Å². The average Bonchev–Trinajstić information content (AvgIpc) is 3.00. The summed E-state index contributed by atoms with van der Waals surface area (Å²) in [6.07, 6.45) is 0. The number of fused-ring (bicyclic) bond motifs is 1. The number of esters is 1. The fourth-order valence-electron chi connectivity index (χ4n) is 4.49. The van der Waals surface area contributed by atoms with Crippen molar-refractivity contribution in [3.63, 3.8) is 0 Å². The molecule has 1 aliphatic heterocycles. The lowest BCUT2D eigenvalue weighted by atomic mass is 9.83. The van der Waals surface area contributed by atoms with Gasteiger partial charge in [-0.15, -0.1) is 0 Å². The first kappa shape index (κ1) is 27.4. The number of nitriles is 1. The predicted molar refractivity (Wildman–Crippen MR) is 152 cm³/mol. The Morgan fingerprint density at radius 3 is 2.41 bits per heavy atom. The summed E-state index contributed by atoms with van der Waals surface area (Å²) in [7, 11) is 3.09. The van der Waals surface area contributed by atoms with E-state index in [1.54, 1.807) is 67.8 Å². The molecule has 0 bridgehead atoms. The van der Waals surface area contributed by atoms with Crippen molar-refractivity contribution in [1.29, 1.82) is 5.26 Å². The van der Waals surface area contributed by atoms with Crippen molar-refractivity contribution < 1.29 is 28.5 Å². The van der Waals surface area contributed by atoms with Gasteiger partial charge in [0.1, 0.15) is 35.5 Å². The number of allylic oxidation sites excluding steroid dienone is 1. The molecule has 0 radical (unpaired) electrons. The Kier molecular flexibility index (Phi) is 7.99. The number of nitrogens with zero attached hydrogens (tertiary/aromatic N) is 1. The van der Waals surface area contributed by atoms with E-state index < -0.39 is 11.9 Å². The van der Waals surface area contributed by atoms with Crippen LogP contribution in [0.15, 0.2) is 96.4 Å². The van der Waals surface area contributed by atoms with E-state index in [2.05, 4.69) is 6.07 Å². The Morgan fingerprint density at radius 1 is 0.951 bits per heavy atom. The van der Waals surface area contributed by atoms with Crippen LogP contribution < -0.4 is 29.4 Å². The van der Waals surface area contributed by atoms with Crippen LogP contribution in [0, 0.1) is 11.3 Å². The molecule has 8 nitrogen and oxygen atoms in total. The number of carbonyl (C=O) groups excluding carboxylic acids is 1. The molecule has 1 aliphatic rings. The lowest BCUT2D eigenvalue weighted by Crippen LogP contribution is -2.21. The summed E-state index contributed by atoms with van der Waals surface area (Å²) in [4.78, 5) is 12.7. The second-order valence-electron chi connectivity index (χ2n) is 9.03. The van der Waals surface area contributed by atoms with Gasteiger partial charge in [0.05, 0.1) is 25.7 Å². The molecular formula is C32H25ClN2O6. The molecule has 1 heterocycles. The van der Waals surface area contributed by atoms with Gasteiger partial charge in [-0.25, -0.2) is 4.79 Å². The standard InChI is InChI=1S/C32H25ClN2O6/c1-37-22-10-7-19(8-11-22)32(36)40-23-12-13-24-28(16-23)41-31(35)25(17-34)30(24)20-9-14-27(29(15-20)38-2)39-18-21-5-3-4-6-26(21)33/h3-16,30H,18,35H2,1-2H3. The number of nitrogens with two attached hydrogens (primary N) is 1. The van der Waals surface area contributed by atoms with Crippen LogP contribution in [-0.2, 0) is 6.61 Å². The topological polar surface area (TPSA) is 113 Å². The van der Waals surface area contributed by atoms with E-state index in [-0.39, 0.29) is 23.8 Å². The minimum Gasteiger partial charge on any atom is -0.497 e. The Morgan fingerprint density at radius 2 is 1.71 bits per heavy atom. The van der Waals surface area contributed by atoms with Gasteiger partial charge in [0.25, 0.3) is 0 Å². The largest absolute Gasteiger partial charge is 0.497 e. The predicted octanol–water partition coefficient (Wildman–Crippen LogP) is 6.37. The normalized spacial score (nSPS) is 13.9. The third-order valence-electron chi connectivity index (χ3n) is 6.59. The summed E-state index contributed by atoms with van der Waals surface area (Å²) < 4.78 is 28.1. The molecule has 2 N–H and O–H groups in total. The molecular weight excluding hydrogens is 544 g/mol. The van der Waals surface area contributed by atoms with Crippen molar-refractivity contribution in [2.45, 2.75) is 12.5 Å². The third-order valence-corrected chi connectivity index (χ3v) is 6.96. The van der Waals surface area contributed by atoms with Crippen molar-refractivity contribution >= 4 is 17.6 Å². The molecule has 0 aliphatic carbocycles. The molecule has 0 amide bonds. The van der Waals surface area contributed by atoms with Gasteiger partial charge in [-0.2, -0.15) is 5.26 Å². The number of carbonyl (C=O) groups is 1. The van der Waals surface area contributed by atoms with Crippen LogP contribution in [0.5, 0.6) is 28.7 Å². The first-order valence-electron chi connectivity index (χ1n) is 12.5. The molecule has 0 saturated carbocycles. The number of halogens is 1. The molecule has 0 saturated heterocycles. The van der Waals surface area contributed by atoms with Crippen LogP contribution in [0.3, 0.4) is 0 Å². The summed E-state index contributed by atoms with van der Waals surface area (Å²) in [5.41, 5.74) is 9.02. The van der Waals surface area contributed by atoms with Crippen molar-refractivity contribution in [2.24, 2.45) is 5.73 Å². The first-order valence-corrected chi connectivity index (χ1v) is 12.9. The van der Waals surface area contributed by atoms with Crippen LogP contribution >= 0.6 is 11.6 Å². The van der Waals surface area contributed by atoms with E-state index in [4.69, 9.17) is 41.0 Å². The van der Waals surface area contributed by atoms with Crippen molar-refractivity contribution in [1.82, 2.24) is 0 Å². The Hall–Kier alpha value is -5.13. The maximum Gasteiger partial charge on any atom is 0.343 e. The quantitative estimate of drug-likeness (QED) is 0.193. The van der Waals surface area contributed by atoms with E-state index >= 15 is 0 Å². The zero-order valence-corrected chi connectivity index (χ0v) is 23.0. The fourth-order valence-corrected chi connectivity index (χ4v) is 4.68. The number of benzene rings is 4. The second-order valence-corrected chi connectivity index (χ2v) is 9.44. The van der Waals surface area contributed by atoms with Crippen LogP contribution in [0.1, 0.15) is 33.0 Å². The lowest BCUT2D eigenvalue weighted by Gasteiger charge is -2.27. The highest BCUT2D eigenvalue weighted by molar-refractivity contribution is 6.31. The third kappa shape index (κ3) is 5.76. The molecule has 0 fully saturated rings. The molecule has 206 valence electrons. The molecule has 5 rings (SSSR count). The monoisotopic (exact) mass is 568 g/mol. The Labute approximate surface area is 242 Å². The van der Waals surface area contributed by atoms with Gasteiger partial charge in [0.15, 0.2) is 11.5 Å². The Balaban J connectivity index is 1.42. The molecule has 41 heavy (non-hydrogen) atoms. The summed E-state index contributed by atoms with van der Waals surface area (Å²) >= 11 is 6.26. The zero-order chi connectivity index (χ0) is 28.9. The van der Waals surface area contributed by atoms with Gasteiger partial charge in [0.2, 0.25) is 5.88 Å². The van der Waals surface area contributed by atoms with Crippen LogP contribution in [-0.4, -0.2) is 20.2 Å². The molecule has 1 atom stereocenters. The minimum absolute atomic E-state index is 0.0401. The van der Waals surface area contributed by atoms with E-state index in [9.17, 15) is 10.1 Å². The van der Waals surface area contributed by atoms with Crippen molar-refractivity contribution in [3.8, 4) is 34.8 Å². The van der Waals surface area contributed by atoms with Crippen LogP contribution in [0.25, 0.3) is 0 Å². The summed E-state index contributed by atoms with van der Waals surface area (Å²) in [5.74, 6) is 1.11. The minimum atomic E-state index is -0.554. The number of rotatable bonds is 8. The molecule has 0 spiro atoms. The highest BCUT2D eigenvalue weighted by atomic mass is 35.5. The van der Waals surface area contributed by atoms with Crippen molar-refractivity contribution in [2.75, 3.05) is 14.2 Å². The summed E-state index contributed by atoms with van der Waals surface area (Å²) in [6.45, 7) is 0.254. The highest BCUT2D eigenvalue weighted by Crippen LogP contribution is 2.45. The van der Waals surface area contributed by atoms with Gasteiger partial charge < -0.3 is 29.4 Å². The molecule has 0 aromatic heterocycles. The number of ether oxygens (including phenoxy) is 5. The summed E-state index contributed by atoms with van der Waals surface area (Å²) in [6, 6.07) is 26.5. The van der Waals surface area contributed by atoms with Crippen LogP contribution in [0.2, 0.25) is 5.02 Å². The van der Waals surface area contributed by atoms with Gasteiger partial charge >= 0.3 is 5.97 Å². The molecule has 1 unspecified atom stereocenters. The number of methoxy groups -OCH3 is 2. The van der Waals surface area contributed by atoms with Gasteiger partial charge in [-0.3, -0.25) is 0 Å². The van der Waals surface area contributed by atoms with Gasteiger partial charge in [0, 0.05) is 22.2 Å².